The van der Waals surface area contributed by atoms with Crippen molar-refractivity contribution in [3.05, 3.63) is 71.4 Å². The lowest BCUT2D eigenvalue weighted by atomic mass is 10.1. The maximum atomic E-state index is 5.83. The maximum Gasteiger partial charge on any atom is 0.219 e. The molecule has 0 aliphatic heterocycles. The Morgan fingerprint density at radius 2 is 1.93 bits per heavy atom. The molecular formula is C20H18ClN5O. The van der Waals surface area contributed by atoms with Crippen LogP contribution in [-0.4, -0.2) is 15.0 Å². The Hall–Kier alpha value is -3.25. The summed E-state index contributed by atoms with van der Waals surface area (Å²) in [6.45, 7) is 2.07. The number of imidazole rings is 1. The monoisotopic (exact) mass is 379 g/mol. The van der Waals surface area contributed by atoms with Gasteiger partial charge in [0.1, 0.15) is 5.75 Å². The minimum absolute atomic E-state index is 0.0608. The van der Waals surface area contributed by atoms with Gasteiger partial charge in [-0.25, -0.2) is 9.97 Å². The van der Waals surface area contributed by atoms with Crippen molar-refractivity contribution in [2.45, 2.75) is 13.0 Å². The molecule has 0 fully saturated rings. The zero-order valence-electron chi connectivity index (χ0n) is 14.6. The molecule has 6 nitrogen and oxygen atoms in total. The Bertz CT molecular complexity index is 1060. The number of nitrogens with two attached hydrogens (primary N) is 1. The van der Waals surface area contributed by atoms with Crippen LogP contribution in [-0.2, 0) is 0 Å². The third-order valence-electron chi connectivity index (χ3n) is 4.16. The average Bonchev–Trinajstić information content (AvgIpc) is 3.05. The van der Waals surface area contributed by atoms with E-state index in [0.29, 0.717) is 28.3 Å². The minimum atomic E-state index is 0.0608. The van der Waals surface area contributed by atoms with Gasteiger partial charge in [0.05, 0.1) is 22.1 Å². The molecule has 1 unspecified atom stereocenters. The second-order valence-electron chi connectivity index (χ2n) is 6.21. The lowest BCUT2D eigenvalue weighted by Gasteiger charge is -2.14. The van der Waals surface area contributed by atoms with Crippen molar-refractivity contribution in [1.29, 1.82) is 0 Å². The first kappa shape index (κ1) is 17.2. The topological polar surface area (TPSA) is 88.8 Å². The summed E-state index contributed by atoms with van der Waals surface area (Å²) < 4.78 is 5.72. The number of hydrogen-bond acceptors (Lipinski definition) is 5. The van der Waals surface area contributed by atoms with Gasteiger partial charge in [-0.1, -0.05) is 23.7 Å². The number of benzene rings is 2. The molecular weight excluding hydrogens is 362 g/mol. The Morgan fingerprint density at radius 3 is 2.67 bits per heavy atom. The van der Waals surface area contributed by atoms with Crippen LogP contribution in [0.2, 0.25) is 5.02 Å². The number of H-pyrrole nitrogens is 1. The number of rotatable bonds is 5. The van der Waals surface area contributed by atoms with Crippen LogP contribution in [0.4, 0.5) is 11.6 Å². The number of anilines is 2. The molecule has 0 saturated heterocycles. The van der Waals surface area contributed by atoms with Gasteiger partial charge >= 0.3 is 0 Å². The van der Waals surface area contributed by atoms with Crippen molar-refractivity contribution in [2.24, 2.45) is 0 Å². The molecule has 1 atom stereocenters. The summed E-state index contributed by atoms with van der Waals surface area (Å²) in [5.41, 5.74) is 9.40. The molecule has 2 aromatic carbocycles. The van der Waals surface area contributed by atoms with E-state index in [0.717, 1.165) is 16.6 Å². The van der Waals surface area contributed by atoms with E-state index in [2.05, 4.69) is 27.2 Å². The van der Waals surface area contributed by atoms with Crippen LogP contribution in [0, 0.1) is 0 Å². The molecule has 2 heterocycles. The number of nitrogens with one attached hydrogen (secondary N) is 2. The number of aromatic nitrogens is 3. The molecule has 7 heteroatoms. The molecule has 0 spiro atoms. The minimum Gasteiger partial charge on any atom is -0.439 e. The average molecular weight is 380 g/mol. The fourth-order valence-electron chi connectivity index (χ4n) is 2.75. The van der Waals surface area contributed by atoms with Gasteiger partial charge in [0.15, 0.2) is 0 Å². The molecule has 4 N–H and O–H groups in total. The molecule has 0 saturated carbocycles. The fourth-order valence-corrected chi connectivity index (χ4v) is 2.86. The van der Waals surface area contributed by atoms with Gasteiger partial charge in [0, 0.05) is 18.0 Å². The van der Waals surface area contributed by atoms with E-state index >= 15 is 0 Å². The normalized spacial score (nSPS) is 12.1. The number of nitrogens with zero attached hydrogens (tertiary/aromatic N) is 2. The van der Waals surface area contributed by atoms with E-state index in [4.69, 9.17) is 22.1 Å². The van der Waals surface area contributed by atoms with Crippen LogP contribution in [0.1, 0.15) is 18.5 Å². The van der Waals surface area contributed by atoms with Crippen molar-refractivity contribution in [3.63, 3.8) is 0 Å². The molecule has 4 aromatic rings. The Kier molecular flexibility index (Phi) is 4.56. The Morgan fingerprint density at radius 1 is 1.11 bits per heavy atom. The summed E-state index contributed by atoms with van der Waals surface area (Å²) >= 11 is 5.83. The molecule has 0 radical (unpaired) electrons. The third kappa shape index (κ3) is 3.96. The first-order valence-electron chi connectivity index (χ1n) is 8.48. The first-order chi connectivity index (χ1) is 13.1. The van der Waals surface area contributed by atoms with E-state index in [-0.39, 0.29) is 6.04 Å². The standard InChI is InChI=1S/C20H18ClN5O/c1-12(24-20-25-17-8-5-15(22)10-18(17)26-20)13-2-6-16(7-3-13)27-19-9-4-14(21)11-23-19/h2-12H,22H2,1H3,(H2,24,25,26). The van der Waals surface area contributed by atoms with Crippen LogP contribution in [0.15, 0.2) is 60.8 Å². The van der Waals surface area contributed by atoms with Crippen molar-refractivity contribution >= 4 is 34.3 Å². The maximum absolute atomic E-state index is 5.83. The fraction of sp³-hybridized carbons (Fsp3) is 0.100. The molecule has 136 valence electrons. The highest BCUT2D eigenvalue weighted by molar-refractivity contribution is 6.30. The number of aromatic amines is 1. The van der Waals surface area contributed by atoms with Gasteiger partial charge in [0.25, 0.3) is 0 Å². The van der Waals surface area contributed by atoms with E-state index in [1.807, 2.05) is 42.5 Å². The quantitative estimate of drug-likeness (QED) is 0.417. The van der Waals surface area contributed by atoms with Gasteiger partial charge < -0.3 is 20.8 Å². The van der Waals surface area contributed by atoms with Crippen LogP contribution in [0.3, 0.4) is 0 Å². The number of ether oxygens (including phenoxy) is 1. The summed E-state index contributed by atoms with van der Waals surface area (Å²) in [6, 6.07) is 17.0. The predicted octanol–water partition coefficient (Wildman–Crippen LogP) is 5.16. The largest absolute Gasteiger partial charge is 0.439 e. The van der Waals surface area contributed by atoms with Gasteiger partial charge in [-0.05, 0) is 48.9 Å². The summed E-state index contributed by atoms with van der Waals surface area (Å²) in [7, 11) is 0. The summed E-state index contributed by atoms with van der Waals surface area (Å²) in [4.78, 5) is 11.9. The van der Waals surface area contributed by atoms with Gasteiger partial charge in [-0.15, -0.1) is 0 Å². The third-order valence-corrected chi connectivity index (χ3v) is 4.39. The van der Waals surface area contributed by atoms with E-state index < -0.39 is 0 Å². The van der Waals surface area contributed by atoms with Crippen molar-refractivity contribution < 1.29 is 4.74 Å². The zero-order valence-corrected chi connectivity index (χ0v) is 15.4. The van der Waals surface area contributed by atoms with Crippen LogP contribution >= 0.6 is 11.6 Å². The van der Waals surface area contributed by atoms with Gasteiger partial charge in [-0.2, -0.15) is 0 Å². The zero-order chi connectivity index (χ0) is 18.8. The summed E-state index contributed by atoms with van der Waals surface area (Å²) in [5, 5.41) is 3.94. The molecule has 0 aliphatic rings. The summed E-state index contributed by atoms with van der Waals surface area (Å²) in [6.07, 6.45) is 1.55. The highest BCUT2D eigenvalue weighted by Gasteiger charge is 2.09. The summed E-state index contributed by atoms with van der Waals surface area (Å²) in [5.74, 6) is 1.91. The van der Waals surface area contributed by atoms with Gasteiger partial charge in [0.2, 0.25) is 11.8 Å². The van der Waals surface area contributed by atoms with Crippen molar-refractivity contribution in [2.75, 3.05) is 11.1 Å². The number of fused-ring (bicyclic) bond motifs is 1. The number of halogens is 1. The van der Waals surface area contributed by atoms with Crippen LogP contribution in [0.25, 0.3) is 11.0 Å². The highest BCUT2D eigenvalue weighted by Crippen LogP contribution is 2.25. The second-order valence-corrected chi connectivity index (χ2v) is 6.65. The van der Waals surface area contributed by atoms with E-state index in [1.165, 1.54) is 0 Å². The number of pyridine rings is 1. The number of nitrogen functional groups attached to an aromatic ring is 1. The predicted molar refractivity (Wildman–Crippen MR) is 108 cm³/mol. The smallest absolute Gasteiger partial charge is 0.219 e. The van der Waals surface area contributed by atoms with Crippen molar-refractivity contribution in [3.8, 4) is 11.6 Å². The van der Waals surface area contributed by atoms with E-state index in [9.17, 15) is 0 Å². The Balaban J connectivity index is 1.45. The van der Waals surface area contributed by atoms with E-state index in [1.54, 1.807) is 18.3 Å². The van der Waals surface area contributed by atoms with Crippen LogP contribution < -0.4 is 15.8 Å². The molecule has 0 aliphatic carbocycles. The molecule has 27 heavy (non-hydrogen) atoms. The Labute approximate surface area is 161 Å². The lowest BCUT2D eigenvalue weighted by molar-refractivity contribution is 0.462. The molecule has 0 bridgehead atoms. The second kappa shape index (κ2) is 7.17. The van der Waals surface area contributed by atoms with Crippen molar-refractivity contribution in [1.82, 2.24) is 15.0 Å². The highest BCUT2D eigenvalue weighted by atomic mass is 35.5. The lowest BCUT2D eigenvalue weighted by Crippen LogP contribution is -2.07. The molecule has 2 aromatic heterocycles. The molecule has 4 rings (SSSR count). The van der Waals surface area contributed by atoms with Gasteiger partial charge in [-0.3, -0.25) is 0 Å². The first-order valence-corrected chi connectivity index (χ1v) is 8.86. The number of hydrogen-bond donors (Lipinski definition) is 3. The van der Waals surface area contributed by atoms with Crippen LogP contribution in [0.5, 0.6) is 11.6 Å². The SMILES string of the molecule is CC(Nc1nc2ccc(N)cc2[nH]1)c1ccc(Oc2ccc(Cl)cn2)cc1. The molecule has 0 amide bonds.